The number of carbonyl (C=O) groups excluding carboxylic acids is 1. The lowest BCUT2D eigenvalue weighted by Crippen LogP contribution is -2.14. The summed E-state index contributed by atoms with van der Waals surface area (Å²) in [6, 6.07) is 8.00. The molecule has 26 heavy (non-hydrogen) atoms. The van der Waals surface area contributed by atoms with Crippen LogP contribution in [0.2, 0.25) is 0 Å². The van der Waals surface area contributed by atoms with Gasteiger partial charge in [-0.3, -0.25) is 4.79 Å². The molecular weight excluding hydrogens is 345 g/mol. The summed E-state index contributed by atoms with van der Waals surface area (Å²) in [6.07, 6.45) is -1.97. The van der Waals surface area contributed by atoms with Crippen LogP contribution in [-0.4, -0.2) is 20.5 Å². The summed E-state index contributed by atoms with van der Waals surface area (Å²) in [6.45, 7) is 6.22. The van der Waals surface area contributed by atoms with Gasteiger partial charge in [-0.1, -0.05) is 32.9 Å². The summed E-state index contributed by atoms with van der Waals surface area (Å²) in [5.41, 5.74) is 0.762. The third kappa shape index (κ3) is 3.68. The first-order chi connectivity index (χ1) is 12.0. The lowest BCUT2D eigenvalue weighted by Gasteiger charge is -2.19. The summed E-state index contributed by atoms with van der Waals surface area (Å²) >= 11 is 0. The first-order valence-electron chi connectivity index (χ1n) is 7.88. The Morgan fingerprint density at radius 2 is 1.77 bits per heavy atom. The molecule has 0 radical (unpaired) electrons. The molecule has 0 bridgehead atoms. The minimum Gasteiger partial charge on any atom is -0.319 e. The Kier molecular flexibility index (Phi) is 4.21. The lowest BCUT2D eigenvalue weighted by atomic mass is 9.87. The highest BCUT2D eigenvalue weighted by Crippen LogP contribution is 2.28. The number of rotatable bonds is 2. The van der Waals surface area contributed by atoms with Crippen LogP contribution in [0.1, 0.15) is 42.4 Å². The fourth-order valence-electron chi connectivity index (χ4n) is 2.40. The Balaban J connectivity index is 1.80. The number of alkyl halides is 3. The van der Waals surface area contributed by atoms with Crippen LogP contribution in [0, 0.1) is 0 Å². The van der Waals surface area contributed by atoms with Crippen molar-refractivity contribution >= 4 is 17.2 Å². The second-order valence-electron chi connectivity index (χ2n) is 6.95. The molecule has 0 aliphatic rings. The van der Waals surface area contributed by atoms with Crippen LogP contribution >= 0.6 is 0 Å². The highest BCUT2D eigenvalue weighted by Gasteiger charge is 2.34. The van der Waals surface area contributed by atoms with Crippen LogP contribution in [0.3, 0.4) is 0 Å². The predicted octanol–water partition coefficient (Wildman–Crippen LogP) is 4.30. The molecule has 136 valence electrons. The van der Waals surface area contributed by atoms with E-state index in [9.17, 15) is 18.0 Å². The van der Waals surface area contributed by atoms with Gasteiger partial charge >= 0.3 is 6.18 Å². The minimum atomic E-state index is -4.55. The van der Waals surface area contributed by atoms with Gasteiger partial charge in [0.25, 0.3) is 5.91 Å². The number of aromatic nitrogens is 3. The highest BCUT2D eigenvalue weighted by molar-refractivity contribution is 6.04. The van der Waals surface area contributed by atoms with Gasteiger partial charge in [-0.25, -0.2) is 9.50 Å². The third-order valence-electron chi connectivity index (χ3n) is 3.87. The minimum absolute atomic E-state index is 0.0275. The number of nitrogens with one attached hydrogen (secondary N) is 1. The molecule has 5 nitrogen and oxygen atoms in total. The van der Waals surface area contributed by atoms with Gasteiger partial charge in [0.1, 0.15) is 0 Å². The van der Waals surface area contributed by atoms with E-state index < -0.39 is 11.9 Å². The molecule has 3 rings (SSSR count). The van der Waals surface area contributed by atoms with E-state index in [1.54, 1.807) is 12.1 Å². The van der Waals surface area contributed by atoms with Crippen LogP contribution in [-0.2, 0) is 11.6 Å². The monoisotopic (exact) mass is 362 g/mol. The van der Waals surface area contributed by atoms with Gasteiger partial charge in [-0.2, -0.15) is 18.3 Å². The molecule has 0 saturated heterocycles. The number of hydrogen-bond donors (Lipinski definition) is 1. The van der Waals surface area contributed by atoms with Crippen LogP contribution in [0.25, 0.3) is 5.65 Å². The largest absolute Gasteiger partial charge is 0.435 e. The molecule has 0 spiro atoms. The van der Waals surface area contributed by atoms with Gasteiger partial charge in [-0.05, 0) is 23.1 Å². The molecule has 0 unspecified atom stereocenters. The van der Waals surface area contributed by atoms with E-state index in [2.05, 4.69) is 36.2 Å². The van der Waals surface area contributed by atoms with E-state index in [0.29, 0.717) is 5.56 Å². The topological polar surface area (TPSA) is 59.3 Å². The molecule has 0 aliphatic carbocycles. The average Bonchev–Trinajstić information content (AvgIpc) is 2.98. The van der Waals surface area contributed by atoms with Gasteiger partial charge in [0.15, 0.2) is 11.3 Å². The van der Waals surface area contributed by atoms with Crippen molar-refractivity contribution in [3.8, 4) is 0 Å². The second kappa shape index (κ2) is 6.12. The molecule has 8 heteroatoms. The van der Waals surface area contributed by atoms with Crippen LogP contribution < -0.4 is 5.32 Å². The molecule has 0 atom stereocenters. The zero-order valence-electron chi connectivity index (χ0n) is 14.4. The number of halogens is 3. The fourth-order valence-corrected chi connectivity index (χ4v) is 2.40. The molecule has 2 aromatic heterocycles. The first-order valence-corrected chi connectivity index (χ1v) is 7.88. The van der Waals surface area contributed by atoms with Crippen molar-refractivity contribution in [2.75, 3.05) is 5.32 Å². The average molecular weight is 362 g/mol. The van der Waals surface area contributed by atoms with Crippen LogP contribution in [0.4, 0.5) is 18.9 Å². The second-order valence-corrected chi connectivity index (χ2v) is 6.95. The quantitative estimate of drug-likeness (QED) is 0.739. The molecule has 1 aromatic carbocycles. The first kappa shape index (κ1) is 17.9. The lowest BCUT2D eigenvalue weighted by molar-refractivity contribution is -0.141. The SMILES string of the molecule is CC(C)(C)c1ccc(C(=O)Nc2cnc3cc(C(F)(F)F)nn3c2)cc1. The molecule has 0 fully saturated rings. The van der Waals surface area contributed by atoms with Gasteiger partial charge < -0.3 is 5.32 Å². The molecular formula is C18H17F3N4O. The Hall–Kier alpha value is -2.90. The maximum Gasteiger partial charge on any atom is 0.435 e. The fraction of sp³-hybridized carbons (Fsp3) is 0.278. The Morgan fingerprint density at radius 1 is 1.12 bits per heavy atom. The van der Waals surface area contributed by atoms with E-state index in [-0.39, 0.29) is 22.7 Å². The van der Waals surface area contributed by atoms with Crippen molar-refractivity contribution in [2.24, 2.45) is 0 Å². The van der Waals surface area contributed by atoms with E-state index in [1.165, 1.54) is 12.4 Å². The summed E-state index contributed by atoms with van der Waals surface area (Å²) in [7, 11) is 0. The number of anilines is 1. The van der Waals surface area contributed by atoms with E-state index >= 15 is 0 Å². The maximum atomic E-state index is 12.7. The van der Waals surface area contributed by atoms with Gasteiger partial charge in [-0.15, -0.1) is 0 Å². The summed E-state index contributed by atoms with van der Waals surface area (Å²) in [4.78, 5) is 16.2. The summed E-state index contributed by atoms with van der Waals surface area (Å²) < 4.78 is 39.1. The maximum absolute atomic E-state index is 12.7. The van der Waals surface area contributed by atoms with E-state index in [1.807, 2.05) is 12.1 Å². The highest BCUT2D eigenvalue weighted by atomic mass is 19.4. The van der Waals surface area contributed by atoms with Gasteiger partial charge in [0, 0.05) is 11.6 Å². The zero-order valence-corrected chi connectivity index (χ0v) is 14.4. The predicted molar refractivity (Wildman–Crippen MR) is 91.1 cm³/mol. The molecule has 0 saturated carbocycles. The Morgan fingerprint density at radius 3 is 2.35 bits per heavy atom. The molecule has 1 N–H and O–H groups in total. The molecule has 2 heterocycles. The summed E-state index contributed by atoms with van der Waals surface area (Å²) in [5, 5.41) is 6.05. The molecule has 3 aromatic rings. The van der Waals surface area contributed by atoms with Gasteiger partial charge in [0.2, 0.25) is 0 Å². The van der Waals surface area contributed by atoms with Gasteiger partial charge in [0.05, 0.1) is 18.1 Å². The van der Waals surface area contributed by atoms with Crippen molar-refractivity contribution in [3.63, 3.8) is 0 Å². The standard InChI is InChI=1S/C18H17F3N4O/c1-17(2,3)12-6-4-11(5-7-12)16(26)23-13-9-22-15-8-14(18(19,20)21)24-25(15)10-13/h4-10H,1-3H3,(H,23,26). The number of benzene rings is 1. The Bertz CT molecular complexity index is 953. The zero-order chi connectivity index (χ0) is 19.1. The van der Waals surface area contributed by atoms with Crippen LogP contribution in [0.15, 0.2) is 42.7 Å². The number of amides is 1. The van der Waals surface area contributed by atoms with Crippen molar-refractivity contribution in [2.45, 2.75) is 32.4 Å². The smallest absolute Gasteiger partial charge is 0.319 e. The molecule has 1 amide bonds. The molecule has 0 aliphatic heterocycles. The van der Waals surface area contributed by atoms with Crippen molar-refractivity contribution in [1.29, 1.82) is 0 Å². The number of carbonyl (C=O) groups is 1. The summed E-state index contributed by atoms with van der Waals surface area (Å²) in [5.74, 6) is -0.380. The van der Waals surface area contributed by atoms with Crippen molar-refractivity contribution in [3.05, 3.63) is 59.5 Å². The van der Waals surface area contributed by atoms with Crippen molar-refractivity contribution < 1.29 is 18.0 Å². The van der Waals surface area contributed by atoms with Crippen LogP contribution in [0.5, 0.6) is 0 Å². The number of nitrogens with zero attached hydrogens (tertiary/aromatic N) is 3. The third-order valence-corrected chi connectivity index (χ3v) is 3.87. The van der Waals surface area contributed by atoms with E-state index in [0.717, 1.165) is 16.1 Å². The number of hydrogen-bond acceptors (Lipinski definition) is 3. The normalized spacial score (nSPS) is 12.4. The Labute approximate surface area is 147 Å². The van der Waals surface area contributed by atoms with Crippen molar-refractivity contribution in [1.82, 2.24) is 14.6 Å². The van der Waals surface area contributed by atoms with E-state index in [4.69, 9.17) is 0 Å². The number of fused-ring (bicyclic) bond motifs is 1.